The molecule has 1 heterocycles. The van der Waals surface area contributed by atoms with E-state index in [0.717, 1.165) is 56.4 Å². The molecule has 128 valence electrons. The van der Waals surface area contributed by atoms with E-state index in [9.17, 15) is 9.59 Å². The van der Waals surface area contributed by atoms with Crippen molar-refractivity contribution in [2.75, 3.05) is 20.1 Å². The average Bonchev–Trinajstić information content (AvgIpc) is 3.00. The minimum atomic E-state index is -0.194. The molecular formula is C19H30N2O2. The van der Waals surface area contributed by atoms with Crippen molar-refractivity contribution < 1.29 is 9.59 Å². The predicted octanol–water partition coefficient (Wildman–Crippen LogP) is 2.67. The van der Waals surface area contributed by atoms with Gasteiger partial charge in [0.25, 0.3) is 0 Å². The third kappa shape index (κ3) is 2.40. The van der Waals surface area contributed by atoms with Gasteiger partial charge in [0, 0.05) is 20.1 Å². The molecule has 1 atom stereocenters. The fourth-order valence-electron chi connectivity index (χ4n) is 6.35. The number of carbonyl (C=O) groups excluding carboxylic acids is 2. The van der Waals surface area contributed by atoms with Crippen LogP contribution in [0.4, 0.5) is 0 Å². The maximum absolute atomic E-state index is 13.5. The third-order valence-electron chi connectivity index (χ3n) is 7.14. The zero-order chi connectivity index (χ0) is 16.2. The monoisotopic (exact) mass is 318 g/mol. The van der Waals surface area contributed by atoms with Crippen molar-refractivity contribution in [2.24, 2.45) is 23.2 Å². The van der Waals surface area contributed by atoms with Gasteiger partial charge in [0.05, 0.1) is 5.41 Å². The highest BCUT2D eigenvalue weighted by atomic mass is 16.2. The van der Waals surface area contributed by atoms with Crippen molar-refractivity contribution in [3.05, 3.63) is 0 Å². The van der Waals surface area contributed by atoms with E-state index in [1.54, 1.807) is 4.90 Å². The van der Waals surface area contributed by atoms with E-state index in [4.69, 9.17) is 0 Å². The molecule has 0 aromatic rings. The highest BCUT2D eigenvalue weighted by molar-refractivity contribution is 5.91. The van der Waals surface area contributed by atoms with Crippen LogP contribution in [-0.2, 0) is 9.59 Å². The third-order valence-corrected chi connectivity index (χ3v) is 7.14. The van der Waals surface area contributed by atoms with Gasteiger partial charge in [-0.1, -0.05) is 0 Å². The molecule has 0 aromatic carbocycles. The lowest BCUT2D eigenvalue weighted by Crippen LogP contribution is -2.57. The lowest BCUT2D eigenvalue weighted by atomic mass is 9.49. The molecule has 0 radical (unpaired) electrons. The Bertz CT molecular complexity index is 480. The molecule has 4 aliphatic carbocycles. The molecule has 0 N–H and O–H groups in total. The highest BCUT2D eigenvalue weighted by Gasteiger charge is 2.56. The van der Waals surface area contributed by atoms with Gasteiger partial charge in [-0.3, -0.25) is 9.59 Å². The van der Waals surface area contributed by atoms with Crippen molar-refractivity contribution in [3.63, 3.8) is 0 Å². The second-order valence-electron chi connectivity index (χ2n) is 8.71. The van der Waals surface area contributed by atoms with Crippen LogP contribution in [0.5, 0.6) is 0 Å². The highest BCUT2D eigenvalue weighted by Crippen LogP contribution is 2.60. The van der Waals surface area contributed by atoms with E-state index in [0.29, 0.717) is 12.5 Å². The van der Waals surface area contributed by atoms with Gasteiger partial charge < -0.3 is 9.80 Å². The molecule has 1 aliphatic heterocycles. The molecule has 0 aromatic heterocycles. The van der Waals surface area contributed by atoms with Crippen LogP contribution in [0.3, 0.4) is 0 Å². The molecule has 4 heteroatoms. The van der Waals surface area contributed by atoms with Gasteiger partial charge in [-0.2, -0.15) is 0 Å². The van der Waals surface area contributed by atoms with Crippen LogP contribution < -0.4 is 0 Å². The van der Waals surface area contributed by atoms with Gasteiger partial charge in [0.1, 0.15) is 6.04 Å². The van der Waals surface area contributed by atoms with E-state index in [2.05, 4.69) is 0 Å². The van der Waals surface area contributed by atoms with Gasteiger partial charge in [-0.15, -0.1) is 0 Å². The van der Waals surface area contributed by atoms with Gasteiger partial charge in [-0.25, -0.2) is 0 Å². The van der Waals surface area contributed by atoms with E-state index in [-0.39, 0.29) is 17.4 Å². The average molecular weight is 318 g/mol. The fraction of sp³-hybridized carbons (Fsp3) is 0.895. The molecule has 5 rings (SSSR count). The molecule has 1 saturated heterocycles. The maximum Gasteiger partial charge on any atom is 0.245 e. The molecule has 0 spiro atoms. The zero-order valence-electron chi connectivity index (χ0n) is 14.6. The van der Waals surface area contributed by atoms with Gasteiger partial charge >= 0.3 is 0 Å². The molecule has 23 heavy (non-hydrogen) atoms. The molecule has 1 unspecified atom stereocenters. The first-order valence-electron chi connectivity index (χ1n) is 9.58. The predicted molar refractivity (Wildman–Crippen MR) is 88.7 cm³/mol. The van der Waals surface area contributed by atoms with E-state index < -0.39 is 0 Å². The van der Waals surface area contributed by atoms with Crippen molar-refractivity contribution in [2.45, 2.75) is 64.3 Å². The van der Waals surface area contributed by atoms with E-state index in [1.165, 1.54) is 19.3 Å². The summed E-state index contributed by atoms with van der Waals surface area (Å²) in [5.74, 6) is 2.81. The number of likely N-dealkylation sites (N-methyl/N-ethyl adjacent to an activating group) is 1. The second kappa shape index (κ2) is 5.49. The Morgan fingerprint density at radius 1 is 1.09 bits per heavy atom. The lowest BCUT2D eigenvalue weighted by Gasteiger charge is -2.56. The standard InChI is InChI=1S/C19H30N2O2/c1-3-20(2)17(22)16-5-4-6-21(16)18(23)19-10-13-7-14(11-19)9-15(8-13)12-19/h13-16H,3-12H2,1-2H3. The minimum absolute atomic E-state index is 0.109. The number of amides is 2. The van der Waals surface area contributed by atoms with Crippen molar-refractivity contribution >= 4 is 11.8 Å². The van der Waals surface area contributed by atoms with Crippen LogP contribution >= 0.6 is 0 Å². The SMILES string of the molecule is CCN(C)C(=O)C1CCCN1C(=O)C12CC3CC(CC(C3)C1)C2. The van der Waals surface area contributed by atoms with Crippen molar-refractivity contribution in [1.82, 2.24) is 9.80 Å². The Hall–Kier alpha value is -1.06. The maximum atomic E-state index is 13.5. The summed E-state index contributed by atoms with van der Waals surface area (Å²) < 4.78 is 0. The smallest absolute Gasteiger partial charge is 0.245 e. The Morgan fingerprint density at radius 3 is 2.17 bits per heavy atom. The van der Waals surface area contributed by atoms with Crippen LogP contribution in [0.2, 0.25) is 0 Å². The number of hydrogen-bond acceptors (Lipinski definition) is 2. The van der Waals surface area contributed by atoms with Crippen LogP contribution in [0.25, 0.3) is 0 Å². The topological polar surface area (TPSA) is 40.6 Å². The Morgan fingerprint density at radius 2 is 1.65 bits per heavy atom. The van der Waals surface area contributed by atoms with E-state index in [1.807, 2.05) is 18.9 Å². The molecule has 5 fully saturated rings. The second-order valence-corrected chi connectivity index (χ2v) is 8.71. The summed E-state index contributed by atoms with van der Waals surface area (Å²) in [4.78, 5) is 29.9. The van der Waals surface area contributed by atoms with Crippen molar-refractivity contribution in [3.8, 4) is 0 Å². The first kappa shape index (κ1) is 15.5. The summed E-state index contributed by atoms with van der Waals surface area (Å²) in [5, 5.41) is 0. The molecule has 2 amide bonds. The summed E-state index contributed by atoms with van der Waals surface area (Å²) >= 11 is 0. The fourth-order valence-corrected chi connectivity index (χ4v) is 6.35. The molecule has 5 aliphatic rings. The van der Waals surface area contributed by atoms with Crippen LogP contribution in [0.1, 0.15) is 58.3 Å². The zero-order valence-corrected chi connectivity index (χ0v) is 14.6. The van der Waals surface area contributed by atoms with Gasteiger partial charge in [0.2, 0.25) is 11.8 Å². The van der Waals surface area contributed by atoms with Crippen molar-refractivity contribution in [1.29, 1.82) is 0 Å². The van der Waals surface area contributed by atoms with Gasteiger partial charge in [-0.05, 0) is 76.0 Å². The molecule has 4 bridgehead atoms. The first-order chi connectivity index (χ1) is 11.0. The number of carbonyl (C=O) groups is 2. The Balaban J connectivity index is 1.55. The number of likely N-dealkylation sites (tertiary alicyclic amines) is 1. The minimum Gasteiger partial charge on any atom is -0.344 e. The number of nitrogens with zero attached hydrogens (tertiary/aromatic N) is 2. The number of hydrogen-bond donors (Lipinski definition) is 0. The quantitative estimate of drug-likeness (QED) is 0.803. The summed E-state index contributed by atoms with van der Waals surface area (Å²) in [7, 11) is 1.86. The van der Waals surface area contributed by atoms with Crippen LogP contribution in [0.15, 0.2) is 0 Å². The lowest BCUT2D eigenvalue weighted by molar-refractivity contribution is -0.161. The largest absolute Gasteiger partial charge is 0.344 e. The summed E-state index contributed by atoms with van der Waals surface area (Å²) in [6.45, 7) is 3.50. The summed E-state index contributed by atoms with van der Waals surface area (Å²) in [6, 6.07) is -0.194. The Labute approximate surface area is 139 Å². The summed E-state index contributed by atoms with van der Waals surface area (Å²) in [5.41, 5.74) is -0.109. The normalized spacial score (nSPS) is 41.4. The molecule has 4 saturated carbocycles. The Kier molecular flexibility index (Phi) is 3.69. The van der Waals surface area contributed by atoms with E-state index >= 15 is 0 Å². The van der Waals surface area contributed by atoms with Gasteiger partial charge in [0.15, 0.2) is 0 Å². The molecular weight excluding hydrogens is 288 g/mol. The molecule has 4 nitrogen and oxygen atoms in total. The van der Waals surface area contributed by atoms with Crippen LogP contribution in [0, 0.1) is 23.2 Å². The summed E-state index contributed by atoms with van der Waals surface area (Å²) in [6.07, 6.45) is 9.18. The van der Waals surface area contributed by atoms with Crippen LogP contribution in [-0.4, -0.2) is 47.8 Å². The first-order valence-corrected chi connectivity index (χ1v) is 9.58. The number of rotatable bonds is 3.